The van der Waals surface area contributed by atoms with Gasteiger partial charge in [0.25, 0.3) is 5.89 Å². The van der Waals surface area contributed by atoms with Crippen LogP contribution in [0.25, 0.3) is 10.8 Å². The van der Waals surface area contributed by atoms with Gasteiger partial charge in [-0.05, 0) is 23.6 Å². The van der Waals surface area contributed by atoms with Crippen LogP contribution in [0.5, 0.6) is 5.75 Å². The molecule has 0 aliphatic heterocycles. The van der Waals surface area contributed by atoms with Gasteiger partial charge in [0.2, 0.25) is 0 Å². The first-order valence-electron chi connectivity index (χ1n) is 6.70. The first-order chi connectivity index (χ1) is 10.7. The SMILES string of the molecule is O=c1oc(-c2cccs2)nn1CC(O)COc1ccccc1. The zero-order valence-corrected chi connectivity index (χ0v) is 12.4. The number of hydrogen-bond acceptors (Lipinski definition) is 6. The van der Waals surface area contributed by atoms with Crippen LogP contribution in [0.1, 0.15) is 0 Å². The Balaban J connectivity index is 1.62. The molecule has 0 amide bonds. The Hall–Kier alpha value is -2.38. The highest BCUT2D eigenvalue weighted by molar-refractivity contribution is 7.13. The van der Waals surface area contributed by atoms with Gasteiger partial charge in [-0.2, -0.15) is 4.68 Å². The Kier molecular flexibility index (Phi) is 4.36. The number of hydrogen-bond donors (Lipinski definition) is 1. The summed E-state index contributed by atoms with van der Waals surface area (Å²) in [6.45, 7) is 0.0815. The van der Waals surface area contributed by atoms with E-state index in [1.165, 1.54) is 11.3 Å². The molecule has 1 N–H and O–H groups in total. The Labute approximate surface area is 130 Å². The molecule has 3 rings (SSSR count). The zero-order valence-electron chi connectivity index (χ0n) is 11.6. The van der Waals surface area contributed by atoms with Gasteiger partial charge in [0.05, 0.1) is 11.4 Å². The van der Waals surface area contributed by atoms with Gasteiger partial charge >= 0.3 is 5.76 Å². The van der Waals surface area contributed by atoms with Gasteiger partial charge in [0.15, 0.2) is 0 Å². The molecule has 7 heteroatoms. The summed E-state index contributed by atoms with van der Waals surface area (Å²) in [6.07, 6.45) is -0.862. The lowest BCUT2D eigenvalue weighted by Gasteiger charge is -2.11. The van der Waals surface area contributed by atoms with Crippen LogP contribution in [-0.4, -0.2) is 27.6 Å². The normalized spacial score (nSPS) is 12.2. The molecule has 0 aliphatic rings. The molecule has 1 aromatic carbocycles. The van der Waals surface area contributed by atoms with Crippen LogP contribution >= 0.6 is 11.3 Å². The predicted octanol–water partition coefficient (Wildman–Crippen LogP) is 2.00. The van der Waals surface area contributed by atoms with E-state index in [4.69, 9.17) is 9.15 Å². The summed E-state index contributed by atoms with van der Waals surface area (Å²) in [6, 6.07) is 12.8. The van der Waals surface area contributed by atoms with Crippen LogP contribution in [0, 0.1) is 0 Å². The fourth-order valence-corrected chi connectivity index (χ4v) is 2.53. The molecule has 0 bridgehead atoms. The van der Waals surface area contributed by atoms with Crippen molar-refractivity contribution >= 4 is 11.3 Å². The van der Waals surface area contributed by atoms with Crippen molar-refractivity contribution in [3.63, 3.8) is 0 Å². The highest BCUT2D eigenvalue weighted by atomic mass is 32.1. The maximum Gasteiger partial charge on any atom is 0.437 e. The van der Waals surface area contributed by atoms with Crippen molar-refractivity contribution in [2.45, 2.75) is 12.6 Å². The minimum atomic E-state index is -0.862. The summed E-state index contributed by atoms with van der Waals surface area (Å²) in [5.74, 6) is 0.326. The van der Waals surface area contributed by atoms with Gasteiger partial charge < -0.3 is 14.3 Å². The Morgan fingerprint density at radius 1 is 1.27 bits per heavy atom. The van der Waals surface area contributed by atoms with E-state index in [-0.39, 0.29) is 19.0 Å². The lowest BCUT2D eigenvalue weighted by Crippen LogP contribution is -2.29. The van der Waals surface area contributed by atoms with Crippen molar-refractivity contribution in [3.8, 4) is 16.5 Å². The minimum absolute atomic E-state index is 0.0144. The van der Waals surface area contributed by atoms with Gasteiger partial charge in [0, 0.05) is 0 Å². The quantitative estimate of drug-likeness (QED) is 0.752. The number of rotatable bonds is 6. The summed E-state index contributed by atoms with van der Waals surface area (Å²) in [5.41, 5.74) is 0. The van der Waals surface area contributed by atoms with Crippen LogP contribution in [0.2, 0.25) is 0 Å². The average Bonchev–Trinajstić information content (AvgIpc) is 3.17. The van der Waals surface area contributed by atoms with Crippen molar-refractivity contribution in [2.24, 2.45) is 0 Å². The molecule has 3 aromatic rings. The molecule has 6 nitrogen and oxygen atoms in total. The second-order valence-electron chi connectivity index (χ2n) is 4.61. The summed E-state index contributed by atoms with van der Waals surface area (Å²) in [4.78, 5) is 12.5. The first kappa shape index (κ1) is 14.6. The monoisotopic (exact) mass is 318 g/mol. The minimum Gasteiger partial charge on any atom is -0.491 e. The van der Waals surface area contributed by atoms with E-state index in [2.05, 4.69) is 5.10 Å². The maximum absolute atomic E-state index is 11.7. The standard InChI is InChI=1S/C15H14N2O4S/c18-11(10-20-12-5-2-1-3-6-12)9-17-15(19)21-14(16-17)13-7-4-8-22-13/h1-8,11,18H,9-10H2. The number of aliphatic hydroxyl groups is 1. The van der Waals surface area contributed by atoms with Gasteiger partial charge in [-0.15, -0.1) is 16.4 Å². The van der Waals surface area contributed by atoms with E-state index in [1.54, 1.807) is 12.1 Å². The third-order valence-electron chi connectivity index (χ3n) is 2.91. The van der Waals surface area contributed by atoms with Gasteiger partial charge in [-0.25, -0.2) is 4.79 Å². The van der Waals surface area contributed by atoms with Crippen molar-refractivity contribution in [1.29, 1.82) is 0 Å². The van der Waals surface area contributed by atoms with Gasteiger partial charge in [0.1, 0.15) is 18.5 Å². The highest BCUT2D eigenvalue weighted by Gasteiger charge is 2.14. The van der Waals surface area contributed by atoms with Gasteiger partial charge in [-0.3, -0.25) is 0 Å². The second-order valence-corrected chi connectivity index (χ2v) is 5.56. The third-order valence-corrected chi connectivity index (χ3v) is 3.77. The highest BCUT2D eigenvalue weighted by Crippen LogP contribution is 2.21. The van der Waals surface area contributed by atoms with Crippen LogP contribution in [0.3, 0.4) is 0 Å². The van der Waals surface area contributed by atoms with Gasteiger partial charge in [-0.1, -0.05) is 24.3 Å². The number of aliphatic hydroxyl groups excluding tert-OH is 1. The molecular formula is C15H14N2O4S. The third kappa shape index (κ3) is 3.44. The topological polar surface area (TPSA) is 77.5 Å². The molecule has 114 valence electrons. The molecule has 0 fully saturated rings. The number of benzene rings is 1. The van der Waals surface area contributed by atoms with Crippen LogP contribution < -0.4 is 10.5 Å². The summed E-state index contributed by atoms with van der Waals surface area (Å²) >= 11 is 1.43. The molecule has 0 spiro atoms. The second kappa shape index (κ2) is 6.59. The van der Waals surface area contributed by atoms with E-state index < -0.39 is 11.9 Å². The maximum atomic E-state index is 11.7. The van der Waals surface area contributed by atoms with Crippen LogP contribution in [0.15, 0.2) is 57.1 Å². The summed E-state index contributed by atoms with van der Waals surface area (Å²) in [7, 11) is 0. The largest absolute Gasteiger partial charge is 0.491 e. The fraction of sp³-hybridized carbons (Fsp3) is 0.200. The Bertz CT molecular complexity index is 764. The fourth-order valence-electron chi connectivity index (χ4n) is 1.88. The molecule has 0 aliphatic carbocycles. The van der Waals surface area contributed by atoms with E-state index in [1.807, 2.05) is 35.7 Å². The van der Waals surface area contributed by atoms with Crippen molar-refractivity contribution in [3.05, 3.63) is 58.4 Å². The molecule has 2 aromatic heterocycles. The molecule has 0 saturated heterocycles. The van der Waals surface area contributed by atoms with E-state index in [9.17, 15) is 9.90 Å². The number of nitrogens with zero attached hydrogens (tertiary/aromatic N) is 2. The average molecular weight is 318 g/mol. The van der Waals surface area contributed by atoms with E-state index in [0.717, 1.165) is 9.56 Å². The molecular weight excluding hydrogens is 304 g/mol. The number of para-hydroxylation sites is 1. The lowest BCUT2D eigenvalue weighted by molar-refractivity contribution is 0.0875. The van der Waals surface area contributed by atoms with E-state index >= 15 is 0 Å². The zero-order chi connectivity index (χ0) is 15.4. The number of ether oxygens (including phenoxy) is 1. The Morgan fingerprint density at radius 3 is 2.82 bits per heavy atom. The molecule has 0 radical (unpaired) electrons. The number of aromatic nitrogens is 2. The molecule has 1 atom stereocenters. The summed E-state index contributed by atoms with van der Waals surface area (Å²) in [5, 5.41) is 15.9. The van der Waals surface area contributed by atoms with E-state index in [0.29, 0.717) is 5.75 Å². The van der Waals surface area contributed by atoms with Crippen molar-refractivity contribution in [1.82, 2.24) is 9.78 Å². The number of thiophene rings is 1. The van der Waals surface area contributed by atoms with Crippen LogP contribution in [0.4, 0.5) is 0 Å². The molecule has 0 saturated carbocycles. The summed E-state index contributed by atoms with van der Waals surface area (Å²) < 4.78 is 11.6. The smallest absolute Gasteiger partial charge is 0.437 e. The first-order valence-corrected chi connectivity index (χ1v) is 7.58. The Morgan fingerprint density at radius 2 is 2.09 bits per heavy atom. The van der Waals surface area contributed by atoms with Crippen molar-refractivity contribution in [2.75, 3.05) is 6.61 Å². The van der Waals surface area contributed by atoms with Crippen molar-refractivity contribution < 1.29 is 14.3 Å². The molecule has 1 unspecified atom stereocenters. The molecule has 22 heavy (non-hydrogen) atoms. The lowest BCUT2D eigenvalue weighted by atomic mass is 10.3. The predicted molar refractivity (Wildman–Crippen MR) is 82.0 cm³/mol. The van der Waals surface area contributed by atoms with Crippen LogP contribution in [-0.2, 0) is 6.54 Å². The molecule has 2 heterocycles.